The van der Waals surface area contributed by atoms with E-state index in [1.54, 1.807) is 22.8 Å². The van der Waals surface area contributed by atoms with Crippen molar-refractivity contribution in [2.75, 3.05) is 0 Å². The molecule has 0 spiro atoms. The van der Waals surface area contributed by atoms with Gasteiger partial charge in [-0.05, 0) is 25.7 Å². The normalized spacial score (nSPS) is 23.4. The van der Waals surface area contributed by atoms with Crippen LogP contribution in [0.1, 0.15) is 25.7 Å². The van der Waals surface area contributed by atoms with E-state index in [0.29, 0.717) is 0 Å². The Labute approximate surface area is 121 Å². The number of rotatable bonds is 2. The fourth-order valence-corrected chi connectivity index (χ4v) is 2.04. The Kier molecular flexibility index (Phi) is 5.84. The topological polar surface area (TPSA) is 58.2 Å². The number of hydrogen-bond acceptors (Lipinski definition) is 2. The molecule has 0 aliphatic heterocycles. The van der Waals surface area contributed by atoms with E-state index in [0.717, 1.165) is 0 Å². The summed E-state index contributed by atoms with van der Waals surface area (Å²) in [5.74, 6) is -4.48. The summed E-state index contributed by atoms with van der Waals surface area (Å²) < 4.78 is 73.6. The highest BCUT2D eigenvalue weighted by molar-refractivity contribution is 5.83. The number of hydrogen-bond donors (Lipinski definition) is 2. The van der Waals surface area contributed by atoms with Crippen molar-refractivity contribution in [2.24, 2.45) is 0 Å². The van der Waals surface area contributed by atoms with Crippen LogP contribution in [-0.4, -0.2) is 36.3 Å². The molecular formula is C12H14F6N2O2. The molecule has 126 valence electrons. The number of halogens is 6. The monoisotopic (exact) mass is 332 g/mol. The maximum absolute atomic E-state index is 12.3. The highest BCUT2D eigenvalue weighted by Gasteiger charge is 2.43. The first-order chi connectivity index (χ1) is 10.0. The fourth-order valence-electron chi connectivity index (χ4n) is 2.04. The second kappa shape index (κ2) is 7.01. The molecule has 1 rings (SSSR count). The lowest BCUT2D eigenvalue weighted by molar-refractivity contribution is -0.176. The number of amides is 2. The average molecular weight is 332 g/mol. The average Bonchev–Trinajstić information content (AvgIpc) is 2.34. The lowest BCUT2D eigenvalue weighted by Crippen LogP contribution is -2.56. The number of allylic oxidation sites excluding steroid dienone is 2. The molecule has 2 amide bonds. The predicted octanol–water partition coefficient (Wildman–Crippen LogP) is 2.21. The Morgan fingerprint density at radius 3 is 1.36 bits per heavy atom. The maximum atomic E-state index is 12.3. The molecule has 0 heterocycles. The molecule has 0 saturated heterocycles. The lowest BCUT2D eigenvalue weighted by Gasteiger charge is -2.30. The first kappa shape index (κ1) is 18.3. The molecule has 0 aromatic carbocycles. The third kappa shape index (κ3) is 5.57. The van der Waals surface area contributed by atoms with Crippen LogP contribution >= 0.6 is 0 Å². The Hall–Kier alpha value is -1.74. The predicted molar refractivity (Wildman–Crippen MR) is 63.6 cm³/mol. The summed E-state index contributed by atoms with van der Waals surface area (Å²) in [4.78, 5) is 21.9. The zero-order valence-corrected chi connectivity index (χ0v) is 11.2. The van der Waals surface area contributed by atoms with Crippen LogP contribution in [0.25, 0.3) is 0 Å². The van der Waals surface area contributed by atoms with Crippen LogP contribution in [0.3, 0.4) is 0 Å². The van der Waals surface area contributed by atoms with Gasteiger partial charge in [-0.3, -0.25) is 9.59 Å². The third-order valence-corrected chi connectivity index (χ3v) is 3.09. The minimum atomic E-state index is -5.14. The standard InChI is InChI=1S/C12H14F6N2O2/c13-11(14,15)9(21)19-7-5-3-1-2-4-6-8(7)20-10(22)12(16,17)18/h1-2,7-8H,3-6H2,(H,19,21)(H,20,22)/t7-,8+. The molecule has 22 heavy (non-hydrogen) atoms. The summed E-state index contributed by atoms with van der Waals surface area (Å²) >= 11 is 0. The molecule has 0 fully saturated rings. The highest BCUT2D eigenvalue weighted by Crippen LogP contribution is 2.20. The maximum Gasteiger partial charge on any atom is 0.471 e. The van der Waals surface area contributed by atoms with Crippen LogP contribution in [0.4, 0.5) is 26.3 Å². The van der Waals surface area contributed by atoms with Crippen LogP contribution in [0.15, 0.2) is 12.2 Å². The summed E-state index contributed by atoms with van der Waals surface area (Å²) in [5, 5.41) is 3.31. The highest BCUT2D eigenvalue weighted by atomic mass is 19.4. The van der Waals surface area contributed by atoms with Gasteiger partial charge in [0.1, 0.15) is 0 Å². The molecule has 1 aliphatic carbocycles. The Morgan fingerprint density at radius 2 is 1.09 bits per heavy atom. The van der Waals surface area contributed by atoms with Gasteiger partial charge < -0.3 is 10.6 Å². The van der Waals surface area contributed by atoms with Crippen molar-refractivity contribution < 1.29 is 35.9 Å². The van der Waals surface area contributed by atoms with Crippen molar-refractivity contribution in [3.63, 3.8) is 0 Å². The molecule has 2 N–H and O–H groups in total. The van der Waals surface area contributed by atoms with E-state index in [-0.39, 0.29) is 25.7 Å². The van der Waals surface area contributed by atoms with Gasteiger partial charge >= 0.3 is 24.2 Å². The van der Waals surface area contributed by atoms with Gasteiger partial charge in [0.05, 0.1) is 0 Å². The second-order valence-corrected chi connectivity index (χ2v) is 4.78. The second-order valence-electron chi connectivity index (χ2n) is 4.78. The van der Waals surface area contributed by atoms with Gasteiger partial charge in [0.15, 0.2) is 0 Å². The van der Waals surface area contributed by atoms with E-state index in [2.05, 4.69) is 0 Å². The molecule has 2 atom stereocenters. The SMILES string of the molecule is O=C(N[C@H]1CCC=CCC[C@H]1NC(=O)C(F)(F)F)C(F)(F)F. The van der Waals surface area contributed by atoms with Gasteiger partial charge in [-0.25, -0.2) is 0 Å². The number of nitrogens with one attached hydrogen (secondary N) is 2. The van der Waals surface area contributed by atoms with Crippen LogP contribution in [0.2, 0.25) is 0 Å². The quantitative estimate of drug-likeness (QED) is 0.602. The van der Waals surface area contributed by atoms with Crippen molar-refractivity contribution in [1.29, 1.82) is 0 Å². The summed E-state index contributed by atoms with van der Waals surface area (Å²) in [7, 11) is 0. The molecule has 0 bridgehead atoms. The minimum absolute atomic E-state index is 0.0128. The van der Waals surface area contributed by atoms with Crippen LogP contribution in [-0.2, 0) is 9.59 Å². The summed E-state index contributed by atoms with van der Waals surface area (Å²) in [6.07, 6.45) is -6.43. The third-order valence-electron chi connectivity index (χ3n) is 3.09. The van der Waals surface area contributed by atoms with Crippen molar-refractivity contribution in [1.82, 2.24) is 10.6 Å². The smallest absolute Gasteiger partial charge is 0.343 e. The first-order valence-corrected chi connectivity index (χ1v) is 6.42. The van der Waals surface area contributed by atoms with Crippen molar-refractivity contribution in [3.8, 4) is 0 Å². The van der Waals surface area contributed by atoms with Crippen LogP contribution in [0.5, 0.6) is 0 Å². The molecule has 0 saturated carbocycles. The van der Waals surface area contributed by atoms with E-state index < -0.39 is 36.3 Å². The number of carbonyl (C=O) groups excluding carboxylic acids is 2. The lowest BCUT2D eigenvalue weighted by atomic mass is 9.95. The molecule has 0 aromatic heterocycles. The van der Waals surface area contributed by atoms with Crippen molar-refractivity contribution in [3.05, 3.63) is 12.2 Å². The van der Waals surface area contributed by atoms with E-state index in [1.807, 2.05) is 0 Å². The van der Waals surface area contributed by atoms with Gasteiger partial charge in [0, 0.05) is 12.1 Å². The van der Waals surface area contributed by atoms with Crippen LogP contribution < -0.4 is 10.6 Å². The van der Waals surface area contributed by atoms with Crippen molar-refractivity contribution >= 4 is 11.8 Å². The van der Waals surface area contributed by atoms with E-state index in [4.69, 9.17) is 0 Å². The van der Waals surface area contributed by atoms with Gasteiger partial charge in [-0.1, -0.05) is 12.2 Å². The molecule has 0 unspecified atom stereocenters. The molecular weight excluding hydrogens is 318 g/mol. The van der Waals surface area contributed by atoms with Gasteiger partial charge in [-0.15, -0.1) is 0 Å². The molecule has 0 radical (unpaired) electrons. The first-order valence-electron chi connectivity index (χ1n) is 6.42. The number of alkyl halides is 6. The van der Waals surface area contributed by atoms with Gasteiger partial charge in [0.2, 0.25) is 0 Å². The number of carbonyl (C=O) groups is 2. The van der Waals surface area contributed by atoms with Gasteiger partial charge in [-0.2, -0.15) is 26.3 Å². The summed E-state index contributed by atoms with van der Waals surface area (Å²) in [6, 6.07) is -2.46. The van der Waals surface area contributed by atoms with Gasteiger partial charge in [0.25, 0.3) is 0 Å². The molecule has 1 aliphatic rings. The van der Waals surface area contributed by atoms with Crippen LogP contribution in [0, 0.1) is 0 Å². The summed E-state index contributed by atoms with van der Waals surface area (Å²) in [6.45, 7) is 0. The molecule has 0 aromatic rings. The Morgan fingerprint density at radius 1 is 0.773 bits per heavy atom. The molecule has 10 heteroatoms. The Balaban J connectivity index is 2.84. The zero-order chi connectivity index (χ0) is 17.0. The van der Waals surface area contributed by atoms with E-state index >= 15 is 0 Å². The largest absolute Gasteiger partial charge is 0.471 e. The Bertz CT molecular complexity index is 404. The van der Waals surface area contributed by atoms with Crippen molar-refractivity contribution in [2.45, 2.75) is 50.1 Å². The van der Waals surface area contributed by atoms with E-state index in [1.165, 1.54) is 0 Å². The fraction of sp³-hybridized carbons (Fsp3) is 0.667. The molecule has 4 nitrogen and oxygen atoms in total. The minimum Gasteiger partial charge on any atom is -0.343 e. The summed E-state index contributed by atoms with van der Waals surface area (Å²) in [5.41, 5.74) is 0. The zero-order valence-electron chi connectivity index (χ0n) is 11.2. The van der Waals surface area contributed by atoms with E-state index in [9.17, 15) is 35.9 Å².